The van der Waals surface area contributed by atoms with Crippen molar-refractivity contribution in [2.24, 2.45) is 0 Å². The van der Waals surface area contributed by atoms with Gasteiger partial charge in [0.05, 0.1) is 24.4 Å². The molecule has 1 amide bonds. The molecule has 1 aliphatic heterocycles. The van der Waals surface area contributed by atoms with E-state index in [0.717, 1.165) is 48.5 Å². The summed E-state index contributed by atoms with van der Waals surface area (Å²) < 4.78 is 7.33. The van der Waals surface area contributed by atoms with Crippen molar-refractivity contribution in [3.05, 3.63) is 47.7 Å². The number of carbonyl (C=O) groups excluding carboxylic acids is 1. The van der Waals surface area contributed by atoms with Gasteiger partial charge < -0.3 is 9.64 Å². The Hall–Kier alpha value is -2.89. The molecule has 0 unspecified atom stereocenters. The van der Waals surface area contributed by atoms with E-state index in [4.69, 9.17) is 9.72 Å². The number of piperidine rings is 1. The normalized spacial score (nSPS) is 14.4. The van der Waals surface area contributed by atoms with Crippen LogP contribution in [-0.4, -0.2) is 45.1 Å². The van der Waals surface area contributed by atoms with Crippen LogP contribution in [0.2, 0.25) is 0 Å². The Labute approximate surface area is 165 Å². The zero-order chi connectivity index (χ0) is 19.5. The largest absolute Gasteiger partial charge is 0.477 e. The summed E-state index contributed by atoms with van der Waals surface area (Å²) in [5.74, 6) is 0.674. The van der Waals surface area contributed by atoms with Gasteiger partial charge >= 0.3 is 0 Å². The van der Waals surface area contributed by atoms with Crippen LogP contribution >= 0.6 is 0 Å². The molecule has 1 fully saturated rings. The molecule has 1 aliphatic rings. The lowest BCUT2D eigenvalue weighted by Crippen LogP contribution is -2.36. The molecule has 1 saturated heterocycles. The molecule has 28 heavy (non-hydrogen) atoms. The first-order valence-corrected chi connectivity index (χ1v) is 10.0. The SMILES string of the molecule is CCOc1ccc2nc(-c3ccc(C)cc3)c(CC(=O)N3CCCCC3)n2n1. The third-order valence-corrected chi connectivity index (χ3v) is 5.19. The van der Waals surface area contributed by atoms with Crippen LogP contribution in [0, 0.1) is 6.92 Å². The molecule has 146 valence electrons. The van der Waals surface area contributed by atoms with Crippen LogP contribution in [0.3, 0.4) is 0 Å². The Morgan fingerprint density at radius 3 is 2.54 bits per heavy atom. The van der Waals surface area contributed by atoms with Crippen LogP contribution in [0.4, 0.5) is 0 Å². The maximum absolute atomic E-state index is 13.0. The van der Waals surface area contributed by atoms with Crippen molar-refractivity contribution in [1.82, 2.24) is 19.5 Å². The molecule has 0 aliphatic carbocycles. The van der Waals surface area contributed by atoms with Gasteiger partial charge in [-0.25, -0.2) is 9.50 Å². The van der Waals surface area contributed by atoms with Gasteiger partial charge in [0, 0.05) is 24.7 Å². The highest BCUT2D eigenvalue weighted by molar-refractivity contribution is 5.81. The van der Waals surface area contributed by atoms with Crippen molar-refractivity contribution >= 4 is 11.6 Å². The molecule has 0 bridgehead atoms. The Bertz CT molecular complexity index is 972. The molecule has 3 heterocycles. The first-order chi connectivity index (χ1) is 13.7. The second-order valence-electron chi connectivity index (χ2n) is 7.27. The smallest absolute Gasteiger partial charge is 0.231 e. The topological polar surface area (TPSA) is 59.7 Å². The van der Waals surface area contributed by atoms with Crippen LogP contribution in [0.1, 0.15) is 37.4 Å². The molecule has 2 aromatic heterocycles. The van der Waals surface area contributed by atoms with E-state index in [0.29, 0.717) is 12.5 Å². The Kier molecular flexibility index (Phi) is 5.28. The summed E-state index contributed by atoms with van der Waals surface area (Å²) >= 11 is 0. The fourth-order valence-corrected chi connectivity index (χ4v) is 3.69. The van der Waals surface area contributed by atoms with Crippen LogP contribution in [0.5, 0.6) is 5.88 Å². The van der Waals surface area contributed by atoms with Crippen molar-refractivity contribution in [1.29, 1.82) is 0 Å². The number of rotatable bonds is 5. The predicted octanol–water partition coefficient (Wildman–Crippen LogP) is 3.66. The number of hydrogen-bond acceptors (Lipinski definition) is 4. The number of hydrogen-bond donors (Lipinski definition) is 0. The molecular weight excluding hydrogens is 352 g/mol. The minimum absolute atomic E-state index is 0.137. The van der Waals surface area contributed by atoms with Gasteiger partial charge in [-0.05, 0) is 39.2 Å². The molecule has 3 aromatic rings. The lowest BCUT2D eigenvalue weighted by Gasteiger charge is -2.26. The van der Waals surface area contributed by atoms with Crippen LogP contribution in [0.15, 0.2) is 36.4 Å². The summed E-state index contributed by atoms with van der Waals surface area (Å²) in [7, 11) is 0. The average Bonchev–Trinajstić information content (AvgIpc) is 3.07. The van der Waals surface area contributed by atoms with E-state index in [1.807, 2.05) is 24.0 Å². The van der Waals surface area contributed by atoms with E-state index in [-0.39, 0.29) is 12.3 Å². The van der Waals surface area contributed by atoms with Gasteiger partial charge in [-0.3, -0.25) is 4.79 Å². The van der Waals surface area contributed by atoms with Gasteiger partial charge in [0.15, 0.2) is 5.65 Å². The summed E-state index contributed by atoms with van der Waals surface area (Å²) in [6.07, 6.45) is 3.65. The van der Waals surface area contributed by atoms with Gasteiger partial charge in [0.2, 0.25) is 11.8 Å². The van der Waals surface area contributed by atoms with Crippen LogP contribution in [-0.2, 0) is 11.2 Å². The number of ether oxygens (including phenoxy) is 1. The number of benzene rings is 1. The van der Waals surface area contributed by atoms with Crippen molar-refractivity contribution < 1.29 is 9.53 Å². The summed E-state index contributed by atoms with van der Waals surface area (Å²) in [6.45, 7) is 6.21. The molecular formula is C22H26N4O2. The predicted molar refractivity (Wildman–Crippen MR) is 108 cm³/mol. The van der Waals surface area contributed by atoms with Gasteiger partial charge in [-0.1, -0.05) is 29.8 Å². The third-order valence-electron chi connectivity index (χ3n) is 5.19. The van der Waals surface area contributed by atoms with E-state index >= 15 is 0 Å². The molecule has 1 aromatic carbocycles. The fraction of sp³-hybridized carbons (Fsp3) is 0.409. The molecule has 6 heteroatoms. The summed E-state index contributed by atoms with van der Waals surface area (Å²) in [4.78, 5) is 19.7. The first kappa shape index (κ1) is 18.5. The minimum atomic E-state index is 0.137. The van der Waals surface area contributed by atoms with Gasteiger partial charge in [0.1, 0.15) is 0 Å². The minimum Gasteiger partial charge on any atom is -0.477 e. The van der Waals surface area contributed by atoms with Crippen LogP contribution in [0.25, 0.3) is 16.9 Å². The van der Waals surface area contributed by atoms with Gasteiger partial charge in [-0.15, -0.1) is 5.10 Å². The highest BCUT2D eigenvalue weighted by Gasteiger charge is 2.23. The third kappa shape index (κ3) is 3.72. The summed E-state index contributed by atoms with van der Waals surface area (Å²) in [5.41, 5.74) is 4.54. The quantitative estimate of drug-likeness (QED) is 0.680. The molecule has 6 nitrogen and oxygen atoms in total. The second-order valence-corrected chi connectivity index (χ2v) is 7.27. The molecule has 0 N–H and O–H groups in total. The first-order valence-electron chi connectivity index (χ1n) is 10.0. The number of aromatic nitrogens is 3. The lowest BCUT2D eigenvalue weighted by molar-refractivity contribution is -0.131. The average molecular weight is 378 g/mol. The maximum Gasteiger partial charge on any atom is 0.231 e. The monoisotopic (exact) mass is 378 g/mol. The lowest BCUT2D eigenvalue weighted by atomic mass is 10.1. The number of carbonyl (C=O) groups is 1. The molecule has 4 rings (SSSR count). The van der Waals surface area contributed by atoms with Gasteiger partial charge in [-0.2, -0.15) is 0 Å². The number of likely N-dealkylation sites (tertiary alicyclic amines) is 1. The van der Waals surface area contributed by atoms with Crippen LogP contribution < -0.4 is 4.74 Å². The van der Waals surface area contributed by atoms with Crippen molar-refractivity contribution in [3.8, 4) is 17.1 Å². The van der Waals surface area contributed by atoms with Crippen molar-refractivity contribution in [2.45, 2.75) is 39.5 Å². The molecule has 0 saturated carbocycles. The summed E-state index contributed by atoms with van der Waals surface area (Å²) in [6, 6.07) is 11.9. The zero-order valence-electron chi connectivity index (χ0n) is 16.5. The number of nitrogens with zero attached hydrogens (tertiary/aromatic N) is 4. The number of amides is 1. The van der Waals surface area contributed by atoms with E-state index in [2.05, 4.69) is 36.3 Å². The second kappa shape index (κ2) is 8.00. The Morgan fingerprint density at radius 2 is 1.82 bits per heavy atom. The maximum atomic E-state index is 13.0. The Morgan fingerprint density at radius 1 is 1.07 bits per heavy atom. The fourth-order valence-electron chi connectivity index (χ4n) is 3.69. The van der Waals surface area contributed by atoms with Crippen molar-refractivity contribution in [3.63, 3.8) is 0 Å². The zero-order valence-corrected chi connectivity index (χ0v) is 16.5. The number of imidazole rings is 1. The standard InChI is InChI=1S/C22H26N4O2/c1-3-28-20-12-11-19-23-22(17-9-7-16(2)8-10-17)18(26(19)24-20)15-21(27)25-13-5-4-6-14-25/h7-12H,3-6,13-15H2,1-2H3. The van der Waals surface area contributed by atoms with E-state index in [1.165, 1.54) is 12.0 Å². The highest BCUT2D eigenvalue weighted by atomic mass is 16.5. The number of fused-ring (bicyclic) bond motifs is 1. The number of aryl methyl sites for hydroxylation is 1. The molecule has 0 radical (unpaired) electrons. The van der Waals surface area contributed by atoms with Gasteiger partial charge in [0.25, 0.3) is 0 Å². The molecule has 0 atom stereocenters. The molecule has 0 spiro atoms. The van der Waals surface area contributed by atoms with E-state index in [9.17, 15) is 4.79 Å². The van der Waals surface area contributed by atoms with E-state index in [1.54, 1.807) is 4.52 Å². The van der Waals surface area contributed by atoms with E-state index < -0.39 is 0 Å². The Balaban J connectivity index is 1.77. The van der Waals surface area contributed by atoms with Crippen molar-refractivity contribution in [2.75, 3.05) is 19.7 Å². The highest BCUT2D eigenvalue weighted by Crippen LogP contribution is 2.26. The summed E-state index contributed by atoms with van der Waals surface area (Å²) in [5, 5.41) is 4.59.